The first-order chi connectivity index (χ1) is 14.3. The molecule has 0 unspecified atom stereocenters. The van der Waals surface area contributed by atoms with Crippen LogP contribution < -0.4 is 20.1 Å². The number of anilines is 2. The summed E-state index contributed by atoms with van der Waals surface area (Å²) in [7, 11) is -0.561. The quantitative estimate of drug-likeness (QED) is 0.621. The summed E-state index contributed by atoms with van der Waals surface area (Å²) in [4.78, 5) is 0.123. The predicted molar refractivity (Wildman–Crippen MR) is 120 cm³/mol. The smallest absolute Gasteiger partial charge is 0.243 e. The summed E-state index contributed by atoms with van der Waals surface area (Å²) in [5.41, 5.74) is 0.952. The van der Waals surface area contributed by atoms with Crippen LogP contribution in [0.15, 0.2) is 41.3 Å². The zero-order valence-corrected chi connectivity index (χ0v) is 18.9. The Kier molecular flexibility index (Phi) is 7.37. The van der Waals surface area contributed by atoms with Crippen LogP contribution in [0.3, 0.4) is 0 Å². The predicted octanol–water partition coefficient (Wildman–Crippen LogP) is 3.19. The molecule has 2 aromatic carbocycles. The van der Waals surface area contributed by atoms with Gasteiger partial charge in [0.05, 0.1) is 48.7 Å². The van der Waals surface area contributed by atoms with Gasteiger partial charge in [-0.15, -0.1) is 0 Å². The Labute approximate surface area is 186 Å². The fourth-order valence-electron chi connectivity index (χ4n) is 2.88. The van der Waals surface area contributed by atoms with Crippen LogP contribution in [-0.2, 0) is 14.8 Å². The number of thiocarbonyl (C=S) groups is 1. The largest absolute Gasteiger partial charge is 0.497 e. The lowest BCUT2D eigenvalue weighted by atomic mass is 10.2. The zero-order chi connectivity index (χ0) is 21.7. The second-order valence-corrected chi connectivity index (χ2v) is 9.06. The normalized spacial score (nSPS) is 14.8. The van der Waals surface area contributed by atoms with Gasteiger partial charge >= 0.3 is 0 Å². The topological polar surface area (TPSA) is 89.1 Å². The molecule has 0 atom stereocenters. The number of sulfonamides is 1. The minimum atomic E-state index is -3.66. The van der Waals surface area contributed by atoms with E-state index in [0.29, 0.717) is 54.2 Å². The fourth-order valence-corrected chi connectivity index (χ4v) is 4.70. The Balaban J connectivity index is 1.80. The molecule has 11 heteroatoms. The van der Waals surface area contributed by atoms with Crippen LogP contribution in [0, 0.1) is 0 Å². The van der Waals surface area contributed by atoms with E-state index in [4.69, 9.17) is 38.0 Å². The monoisotopic (exact) mass is 471 g/mol. The molecule has 0 aliphatic carbocycles. The average molecular weight is 472 g/mol. The Morgan fingerprint density at radius 1 is 1.07 bits per heavy atom. The summed E-state index contributed by atoms with van der Waals surface area (Å²) >= 11 is 11.6. The molecule has 3 rings (SSSR count). The number of halogens is 1. The van der Waals surface area contributed by atoms with Crippen LogP contribution in [0.25, 0.3) is 0 Å². The minimum Gasteiger partial charge on any atom is -0.497 e. The lowest BCUT2D eigenvalue weighted by Crippen LogP contribution is -2.40. The van der Waals surface area contributed by atoms with Gasteiger partial charge in [0.15, 0.2) is 5.11 Å². The molecule has 1 aliphatic heterocycles. The number of methoxy groups -OCH3 is 2. The lowest BCUT2D eigenvalue weighted by molar-refractivity contribution is 0.0730. The molecule has 30 heavy (non-hydrogen) atoms. The van der Waals surface area contributed by atoms with Crippen LogP contribution >= 0.6 is 23.8 Å². The molecule has 2 N–H and O–H groups in total. The van der Waals surface area contributed by atoms with Gasteiger partial charge in [-0.3, -0.25) is 0 Å². The second kappa shape index (κ2) is 9.80. The number of rotatable bonds is 6. The van der Waals surface area contributed by atoms with Crippen molar-refractivity contribution in [1.82, 2.24) is 4.31 Å². The minimum absolute atomic E-state index is 0.123. The first-order valence-corrected chi connectivity index (χ1v) is 11.3. The third-order valence-corrected chi connectivity index (χ3v) is 6.88. The molecule has 0 aromatic heterocycles. The number of hydrogen-bond acceptors (Lipinski definition) is 6. The molecule has 162 valence electrons. The Bertz CT molecular complexity index is 1030. The third kappa shape index (κ3) is 5.13. The van der Waals surface area contributed by atoms with E-state index >= 15 is 0 Å². The maximum absolute atomic E-state index is 12.9. The van der Waals surface area contributed by atoms with E-state index in [1.807, 2.05) is 0 Å². The Morgan fingerprint density at radius 2 is 1.77 bits per heavy atom. The van der Waals surface area contributed by atoms with Crippen LogP contribution in [0.4, 0.5) is 11.4 Å². The fraction of sp³-hybridized carbons (Fsp3) is 0.316. The first-order valence-electron chi connectivity index (χ1n) is 9.02. The summed E-state index contributed by atoms with van der Waals surface area (Å²) in [6.45, 7) is 1.36. The molecule has 2 aromatic rings. The van der Waals surface area contributed by atoms with Gasteiger partial charge in [0.2, 0.25) is 10.0 Å². The van der Waals surface area contributed by atoms with Crippen LogP contribution in [0.2, 0.25) is 5.02 Å². The maximum Gasteiger partial charge on any atom is 0.243 e. The first kappa shape index (κ1) is 22.6. The number of hydrogen-bond donors (Lipinski definition) is 2. The van der Waals surface area contributed by atoms with Crippen molar-refractivity contribution in [2.45, 2.75) is 4.90 Å². The van der Waals surface area contributed by atoms with Gasteiger partial charge in [-0.1, -0.05) is 11.6 Å². The SMILES string of the molecule is COc1ccc(OC)c(NC(=S)Nc2cc(S(=O)(=O)N3CCOCC3)ccc2Cl)c1. The highest BCUT2D eigenvalue weighted by Crippen LogP contribution is 2.30. The molecule has 8 nitrogen and oxygen atoms in total. The molecule has 0 radical (unpaired) electrons. The summed E-state index contributed by atoms with van der Waals surface area (Å²) in [5.74, 6) is 1.19. The highest BCUT2D eigenvalue weighted by atomic mass is 35.5. The number of nitrogens with zero attached hydrogens (tertiary/aromatic N) is 1. The standard InChI is InChI=1S/C19H22ClN3O5S2/c1-26-13-3-6-18(27-2)17(11-13)22-19(29)21-16-12-14(4-5-15(16)20)30(24,25)23-7-9-28-10-8-23/h3-6,11-12H,7-10H2,1-2H3,(H2,21,22,29). The van der Waals surface area contributed by atoms with Crippen molar-refractivity contribution in [1.29, 1.82) is 0 Å². The van der Waals surface area contributed by atoms with Gasteiger partial charge in [0, 0.05) is 19.2 Å². The highest BCUT2D eigenvalue weighted by molar-refractivity contribution is 7.89. The molecule has 1 saturated heterocycles. The molecule has 0 amide bonds. The van der Waals surface area contributed by atoms with Crippen molar-refractivity contribution in [3.8, 4) is 11.5 Å². The van der Waals surface area contributed by atoms with Crippen molar-refractivity contribution in [2.24, 2.45) is 0 Å². The summed E-state index contributed by atoms with van der Waals surface area (Å²) < 4.78 is 43.0. The van der Waals surface area contributed by atoms with E-state index in [-0.39, 0.29) is 10.0 Å². The molecule has 0 bridgehead atoms. The van der Waals surface area contributed by atoms with Crippen LogP contribution in [0.5, 0.6) is 11.5 Å². The van der Waals surface area contributed by atoms with Gasteiger partial charge < -0.3 is 24.8 Å². The molecular formula is C19H22ClN3O5S2. The number of morpholine rings is 1. The van der Waals surface area contributed by atoms with Crippen LogP contribution in [-0.4, -0.2) is 58.4 Å². The van der Waals surface area contributed by atoms with Crippen molar-refractivity contribution in [2.75, 3.05) is 51.2 Å². The van der Waals surface area contributed by atoms with Crippen molar-refractivity contribution in [3.05, 3.63) is 41.4 Å². The van der Waals surface area contributed by atoms with E-state index < -0.39 is 10.0 Å². The maximum atomic E-state index is 12.9. The van der Waals surface area contributed by atoms with Gasteiger partial charge in [-0.25, -0.2) is 8.42 Å². The summed E-state index contributed by atoms with van der Waals surface area (Å²) in [6.07, 6.45) is 0. The van der Waals surface area contributed by atoms with Gasteiger partial charge in [-0.2, -0.15) is 4.31 Å². The average Bonchev–Trinajstić information content (AvgIpc) is 2.75. The Morgan fingerprint density at radius 3 is 2.43 bits per heavy atom. The molecule has 1 heterocycles. The van der Waals surface area contributed by atoms with Crippen molar-refractivity contribution < 1.29 is 22.6 Å². The molecule has 0 saturated carbocycles. The number of nitrogens with one attached hydrogen (secondary N) is 2. The number of benzene rings is 2. The zero-order valence-electron chi connectivity index (χ0n) is 16.5. The van der Waals surface area contributed by atoms with E-state index in [2.05, 4.69) is 10.6 Å². The van der Waals surface area contributed by atoms with Crippen molar-refractivity contribution in [3.63, 3.8) is 0 Å². The second-order valence-electron chi connectivity index (χ2n) is 6.30. The molecule has 1 aliphatic rings. The van der Waals surface area contributed by atoms with Gasteiger partial charge in [0.25, 0.3) is 0 Å². The van der Waals surface area contributed by atoms with E-state index in [9.17, 15) is 8.42 Å². The van der Waals surface area contributed by atoms with E-state index in [1.165, 1.54) is 22.5 Å². The summed E-state index contributed by atoms with van der Waals surface area (Å²) in [6, 6.07) is 9.69. The summed E-state index contributed by atoms with van der Waals surface area (Å²) in [5, 5.41) is 6.50. The Hall–Kier alpha value is -2.11. The molecular weight excluding hydrogens is 450 g/mol. The highest BCUT2D eigenvalue weighted by Gasteiger charge is 2.27. The molecule has 1 fully saturated rings. The van der Waals surface area contributed by atoms with E-state index in [1.54, 1.807) is 32.4 Å². The van der Waals surface area contributed by atoms with Crippen LogP contribution in [0.1, 0.15) is 0 Å². The molecule has 0 spiro atoms. The van der Waals surface area contributed by atoms with Crippen molar-refractivity contribution >= 4 is 50.3 Å². The van der Waals surface area contributed by atoms with E-state index in [0.717, 1.165) is 0 Å². The third-order valence-electron chi connectivity index (χ3n) is 4.45. The van der Waals surface area contributed by atoms with Gasteiger partial charge in [0.1, 0.15) is 11.5 Å². The number of ether oxygens (including phenoxy) is 3. The van der Waals surface area contributed by atoms with Gasteiger partial charge in [-0.05, 0) is 42.5 Å². The lowest BCUT2D eigenvalue weighted by Gasteiger charge is -2.26.